The normalized spacial score (nSPS) is 24.3. The van der Waals surface area contributed by atoms with Crippen LogP contribution in [-0.2, 0) is 4.74 Å². The van der Waals surface area contributed by atoms with E-state index in [0.29, 0.717) is 6.04 Å². The van der Waals surface area contributed by atoms with Gasteiger partial charge in [0, 0.05) is 50.2 Å². The topological polar surface area (TPSA) is 48.9 Å². The molecule has 0 aromatic carbocycles. The predicted molar refractivity (Wildman–Crippen MR) is 141 cm³/mol. The standard InChI is InChI=1S/C23H44N4OS.HI/c1-3-24-22(25-19-23(29-4-2)12-16-28-17-13-23)26-21-10-14-27(15-11-21)18-20-8-6-5-7-9-20;/h20-21H,3-19H2,1-2H3,(H2,24,25,26);1H. The van der Waals surface area contributed by atoms with Crippen LogP contribution in [-0.4, -0.2) is 73.3 Å². The zero-order valence-electron chi connectivity index (χ0n) is 19.3. The lowest BCUT2D eigenvalue weighted by Gasteiger charge is -2.37. The Morgan fingerprint density at radius 2 is 1.77 bits per heavy atom. The molecule has 3 rings (SSSR count). The van der Waals surface area contributed by atoms with Crippen molar-refractivity contribution in [2.75, 3.05) is 51.7 Å². The fourth-order valence-corrected chi connectivity index (χ4v) is 6.35. The highest BCUT2D eigenvalue weighted by Gasteiger charge is 2.32. The average Bonchev–Trinajstić information content (AvgIpc) is 2.75. The highest BCUT2D eigenvalue weighted by molar-refractivity contribution is 14.0. The molecule has 0 bridgehead atoms. The van der Waals surface area contributed by atoms with Crippen LogP contribution in [0, 0.1) is 5.92 Å². The molecule has 1 aliphatic carbocycles. The fraction of sp³-hybridized carbons (Fsp3) is 0.957. The lowest BCUT2D eigenvalue weighted by molar-refractivity contribution is 0.0793. The molecule has 2 heterocycles. The molecule has 0 unspecified atom stereocenters. The monoisotopic (exact) mass is 552 g/mol. The van der Waals surface area contributed by atoms with Crippen LogP contribution < -0.4 is 10.6 Å². The first-order chi connectivity index (χ1) is 14.2. The number of hydrogen-bond donors (Lipinski definition) is 2. The van der Waals surface area contributed by atoms with Crippen molar-refractivity contribution in [1.82, 2.24) is 15.5 Å². The number of guanidine groups is 1. The molecule has 0 amide bonds. The molecule has 7 heteroatoms. The first-order valence-corrected chi connectivity index (χ1v) is 13.2. The molecule has 1 saturated carbocycles. The molecule has 0 spiro atoms. The van der Waals surface area contributed by atoms with Crippen LogP contribution in [0.1, 0.15) is 71.6 Å². The zero-order chi connectivity index (χ0) is 20.4. The van der Waals surface area contributed by atoms with Gasteiger partial charge in [0.15, 0.2) is 5.96 Å². The van der Waals surface area contributed by atoms with E-state index in [-0.39, 0.29) is 28.7 Å². The van der Waals surface area contributed by atoms with E-state index < -0.39 is 0 Å². The summed E-state index contributed by atoms with van der Waals surface area (Å²) in [6.07, 6.45) is 12.0. The van der Waals surface area contributed by atoms with E-state index in [1.807, 2.05) is 0 Å². The van der Waals surface area contributed by atoms with Crippen LogP contribution in [0.4, 0.5) is 0 Å². The van der Waals surface area contributed by atoms with Crippen molar-refractivity contribution >= 4 is 41.7 Å². The first-order valence-electron chi connectivity index (χ1n) is 12.2. The second-order valence-electron chi connectivity index (χ2n) is 9.15. The van der Waals surface area contributed by atoms with Gasteiger partial charge in [0.2, 0.25) is 0 Å². The molecular formula is C23H45IN4OS. The van der Waals surface area contributed by atoms with Crippen molar-refractivity contribution in [1.29, 1.82) is 0 Å². The molecule has 2 saturated heterocycles. The van der Waals surface area contributed by atoms with E-state index in [2.05, 4.69) is 41.1 Å². The Labute approximate surface area is 206 Å². The summed E-state index contributed by atoms with van der Waals surface area (Å²) >= 11 is 2.07. The number of halogens is 1. The van der Waals surface area contributed by atoms with Gasteiger partial charge in [-0.25, -0.2) is 0 Å². The number of likely N-dealkylation sites (tertiary alicyclic amines) is 1. The van der Waals surface area contributed by atoms with Gasteiger partial charge < -0.3 is 20.3 Å². The Bertz CT molecular complexity index is 482. The van der Waals surface area contributed by atoms with Crippen LogP contribution in [0.5, 0.6) is 0 Å². The van der Waals surface area contributed by atoms with Crippen molar-refractivity contribution in [2.45, 2.75) is 82.4 Å². The number of thioether (sulfide) groups is 1. The highest BCUT2D eigenvalue weighted by Crippen LogP contribution is 2.35. The molecule has 0 atom stereocenters. The van der Waals surface area contributed by atoms with Crippen LogP contribution >= 0.6 is 35.7 Å². The maximum atomic E-state index is 5.61. The minimum atomic E-state index is 0. The number of nitrogens with zero attached hydrogens (tertiary/aromatic N) is 2. The smallest absolute Gasteiger partial charge is 0.191 e. The molecule has 0 aromatic rings. The van der Waals surface area contributed by atoms with Gasteiger partial charge in [0.1, 0.15) is 0 Å². The Morgan fingerprint density at radius 1 is 1.07 bits per heavy atom. The molecule has 2 N–H and O–H groups in total. The Hall–Kier alpha value is 0.270. The average molecular weight is 553 g/mol. The van der Waals surface area contributed by atoms with Gasteiger partial charge in [0.25, 0.3) is 0 Å². The van der Waals surface area contributed by atoms with E-state index in [0.717, 1.165) is 56.8 Å². The number of rotatable bonds is 8. The summed E-state index contributed by atoms with van der Waals surface area (Å²) in [5, 5.41) is 7.24. The van der Waals surface area contributed by atoms with E-state index >= 15 is 0 Å². The molecule has 2 aliphatic heterocycles. The largest absolute Gasteiger partial charge is 0.381 e. The van der Waals surface area contributed by atoms with E-state index in [1.165, 1.54) is 64.6 Å². The summed E-state index contributed by atoms with van der Waals surface area (Å²) in [4.78, 5) is 7.75. The van der Waals surface area contributed by atoms with Gasteiger partial charge in [-0.3, -0.25) is 4.99 Å². The van der Waals surface area contributed by atoms with Gasteiger partial charge in [0.05, 0.1) is 6.54 Å². The molecular weight excluding hydrogens is 507 g/mol. The maximum absolute atomic E-state index is 5.61. The highest BCUT2D eigenvalue weighted by atomic mass is 127. The Morgan fingerprint density at radius 3 is 2.40 bits per heavy atom. The summed E-state index contributed by atoms with van der Waals surface area (Å²) in [6.45, 7) is 11.8. The van der Waals surface area contributed by atoms with Crippen LogP contribution in [0.15, 0.2) is 4.99 Å². The van der Waals surface area contributed by atoms with Crippen LogP contribution in [0.2, 0.25) is 0 Å². The molecule has 0 aromatic heterocycles. The third-order valence-electron chi connectivity index (χ3n) is 6.89. The first kappa shape index (κ1) is 26.5. The molecule has 3 aliphatic rings. The van der Waals surface area contributed by atoms with Gasteiger partial charge >= 0.3 is 0 Å². The van der Waals surface area contributed by atoms with Crippen LogP contribution in [0.3, 0.4) is 0 Å². The Balaban J connectivity index is 0.00000320. The zero-order valence-corrected chi connectivity index (χ0v) is 22.4. The van der Waals surface area contributed by atoms with Gasteiger partial charge in [-0.2, -0.15) is 11.8 Å². The van der Waals surface area contributed by atoms with Crippen molar-refractivity contribution < 1.29 is 4.74 Å². The molecule has 0 radical (unpaired) electrons. The fourth-order valence-electron chi connectivity index (χ4n) is 5.13. The second-order valence-corrected chi connectivity index (χ2v) is 10.9. The molecule has 3 fully saturated rings. The lowest BCUT2D eigenvalue weighted by atomic mass is 9.88. The lowest BCUT2D eigenvalue weighted by Crippen LogP contribution is -2.50. The number of ether oxygens (including phenoxy) is 1. The van der Waals surface area contributed by atoms with Crippen molar-refractivity contribution in [3.63, 3.8) is 0 Å². The van der Waals surface area contributed by atoms with Crippen molar-refractivity contribution in [3.05, 3.63) is 0 Å². The van der Waals surface area contributed by atoms with Gasteiger partial charge in [-0.15, -0.1) is 24.0 Å². The van der Waals surface area contributed by atoms with E-state index in [4.69, 9.17) is 9.73 Å². The number of nitrogens with one attached hydrogen (secondary N) is 2. The van der Waals surface area contributed by atoms with Gasteiger partial charge in [-0.1, -0.05) is 26.2 Å². The molecule has 176 valence electrons. The van der Waals surface area contributed by atoms with Crippen molar-refractivity contribution in [3.8, 4) is 0 Å². The third kappa shape index (κ3) is 8.66. The Kier molecular flexibility index (Phi) is 12.8. The quantitative estimate of drug-likeness (QED) is 0.264. The minimum Gasteiger partial charge on any atom is -0.381 e. The third-order valence-corrected chi connectivity index (χ3v) is 8.33. The predicted octanol–water partition coefficient (Wildman–Crippen LogP) is 4.51. The maximum Gasteiger partial charge on any atom is 0.191 e. The van der Waals surface area contributed by atoms with Crippen molar-refractivity contribution in [2.24, 2.45) is 10.9 Å². The van der Waals surface area contributed by atoms with E-state index in [9.17, 15) is 0 Å². The second kappa shape index (κ2) is 14.4. The van der Waals surface area contributed by atoms with E-state index in [1.54, 1.807) is 0 Å². The number of aliphatic imine (C=N–C) groups is 1. The summed E-state index contributed by atoms with van der Waals surface area (Å²) in [7, 11) is 0. The summed E-state index contributed by atoms with van der Waals surface area (Å²) in [5.41, 5.74) is 0. The number of hydrogen-bond acceptors (Lipinski definition) is 4. The van der Waals surface area contributed by atoms with Gasteiger partial charge in [-0.05, 0) is 57.1 Å². The number of piperidine rings is 1. The summed E-state index contributed by atoms with van der Waals surface area (Å²) in [5.74, 6) is 3.12. The molecule has 5 nitrogen and oxygen atoms in total. The minimum absolute atomic E-state index is 0. The SMILES string of the molecule is CCNC(=NCC1(SCC)CCOCC1)NC1CCN(CC2CCCCC2)CC1.I. The summed E-state index contributed by atoms with van der Waals surface area (Å²) < 4.78 is 5.88. The molecule has 30 heavy (non-hydrogen) atoms. The van der Waals surface area contributed by atoms with Crippen LogP contribution in [0.25, 0.3) is 0 Å². The summed E-state index contributed by atoms with van der Waals surface area (Å²) in [6, 6.07) is 0.555.